The third-order valence-electron chi connectivity index (χ3n) is 4.98. The first kappa shape index (κ1) is 22.0. The minimum absolute atomic E-state index is 0.149. The molecule has 2 aromatic carbocycles. The molecule has 164 valence electrons. The highest BCUT2D eigenvalue weighted by atomic mass is 79.9. The summed E-state index contributed by atoms with van der Waals surface area (Å²) in [5.74, 6) is 0.339. The predicted molar refractivity (Wildman–Crippen MR) is 125 cm³/mol. The smallest absolute Gasteiger partial charge is 0.360 e. The van der Waals surface area contributed by atoms with Crippen molar-refractivity contribution in [1.29, 1.82) is 0 Å². The van der Waals surface area contributed by atoms with E-state index >= 15 is 0 Å². The molecular weight excluding hydrogens is 472 g/mol. The standard InChI is InChI=1S/C24H23BrN4O3/c1-5-31-24(30)20-19(25)21(29(28-20)18-12-7-6-11-17(18)14(2)3)23-27-26-22(32-23)16-10-8-9-15(4)13-16/h6-14H,5H2,1-4H3. The largest absolute Gasteiger partial charge is 0.461 e. The summed E-state index contributed by atoms with van der Waals surface area (Å²) < 4.78 is 13.3. The third kappa shape index (κ3) is 4.10. The molecule has 4 rings (SSSR count). The van der Waals surface area contributed by atoms with Crippen molar-refractivity contribution in [2.45, 2.75) is 33.6 Å². The maximum absolute atomic E-state index is 12.6. The van der Waals surface area contributed by atoms with Gasteiger partial charge < -0.3 is 9.15 Å². The van der Waals surface area contributed by atoms with Gasteiger partial charge in [-0.3, -0.25) is 0 Å². The van der Waals surface area contributed by atoms with Crippen molar-refractivity contribution >= 4 is 21.9 Å². The maximum Gasteiger partial charge on any atom is 0.360 e. The molecule has 7 nitrogen and oxygen atoms in total. The summed E-state index contributed by atoms with van der Waals surface area (Å²) in [7, 11) is 0. The lowest BCUT2D eigenvalue weighted by Gasteiger charge is -2.13. The zero-order chi connectivity index (χ0) is 22.8. The van der Waals surface area contributed by atoms with E-state index in [0.29, 0.717) is 16.1 Å². The molecule has 0 saturated heterocycles. The van der Waals surface area contributed by atoms with Gasteiger partial charge >= 0.3 is 5.97 Å². The van der Waals surface area contributed by atoms with E-state index in [0.717, 1.165) is 22.4 Å². The van der Waals surface area contributed by atoms with Crippen molar-refractivity contribution in [3.8, 4) is 28.7 Å². The molecule has 0 aliphatic carbocycles. The van der Waals surface area contributed by atoms with Gasteiger partial charge in [0.1, 0.15) is 5.69 Å². The number of carbonyl (C=O) groups is 1. The lowest BCUT2D eigenvalue weighted by Crippen LogP contribution is -2.08. The number of halogens is 1. The van der Waals surface area contributed by atoms with Crippen LogP contribution in [0.3, 0.4) is 0 Å². The number of aryl methyl sites for hydroxylation is 1. The minimum atomic E-state index is -0.528. The van der Waals surface area contributed by atoms with Gasteiger partial charge in [0, 0.05) is 5.56 Å². The van der Waals surface area contributed by atoms with Gasteiger partial charge in [-0.15, -0.1) is 10.2 Å². The Balaban J connectivity index is 1.91. The number of carbonyl (C=O) groups excluding carboxylic acids is 1. The van der Waals surface area contributed by atoms with Gasteiger partial charge in [0.25, 0.3) is 5.89 Å². The second-order valence-electron chi connectivity index (χ2n) is 7.64. The fraction of sp³-hybridized carbons (Fsp3) is 0.250. The number of ether oxygens (including phenoxy) is 1. The topological polar surface area (TPSA) is 83.0 Å². The Labute approximate surface area is 194 Å². The van der Waals surface area contributed by atoms with E-state index in [2.05, 4.69) is 45.1 Å². The van der Waals surface area contributed by atoms with Crippen molar-refractivity contribution in [3.05, 3.63) is 69.8 Å². The Morgan fingerprint density at radius 3 is 2.59 bits per heavy atom. The number of para-hydroxylation sites is 1. The molecule has 0 spiro atoms. The van der Waals surface area contributed by atoms with Crippen LogP contribution in [0, 0.1) is 6.92 Å². The van der Waals surface area contributed by atoms with Crippen LogP contribution in [0.1, 0.15) is 48.3 Å². The monoisotopic (exact) mass is 494 g/mol. The Bertz CT molecular complexity index is 1280. The van der Waals surface area contributed by atoms with Crippen molar-refractivity contribution in [2.24, 2.45) is 0 Å². The summed E-state index contributed by atoms with van der Waals surface area (Å²) in [5, 5.41) is 13.1. The molecule has 0 amide bonds. The molecular formula is C24H23BrN4O3. The average molecular weight is 495 g/mol. The van der Waals surface area contributed by atoms with Gasteiger partial charge in [-0.05, 0) is 59.5 Å². The van der Waals surface area contributed by atoms with Crippen molar-refractivity contribution < 1.29 is 13.9 Å². The first-order chi connectivity index (χ1) is 15.4. The summed E-state index contributed by atoms with van der Waals surface area (Å²) in [6, 6.07) is 15.7. The molecule has 8 heteroatoms. The van der Waals surface area contributed by atoms with Crippen LogP contribution < -0.4 is 0 Å². The quantitative estimate of drug-likeness (QED) is 0.307. The number of esters is 1. The zero-order valence-corrected chi connectivity index (χ0v) is 19.9. The van der Waals surface area contributed by atoms with E-state index in [-0.39, 0.29) is 24.1 Å². The van der Waals surface area contributed by atoms with Crippen molar-refractivity contribution in [3.63, 3.8) is 0 Å². The minimum Gasteiger partial charge on any atom is -0.461 e. The lowest BCUT2D eigenvalue weighted by atomic mass is 10.0. The molecule has 2 heterocycles. The van der Waals surface area contributed by atoms with E-state index in [9.17, 15) is 4.79 Å². The van der Waals surface area contributed by atoms with Gasteiger partial charge in [0.15, 0.2) is 5.69 Å². The molecule has 0 N–H and O–H groups in total. The molecule has 32 heavy (non-hydrogen) atoms. The van der Waals surface area contributed by atoms with Crippen LogP contribution in [0.15, 0.2) is 57.4 Å². The molecule has 0 aliphatic rings. The fourth-order valence-electron chi connectivity index (χ4n) is 3.47. The molecule has 2 aromatic heterocycles. The van der Waals surface area contributed by atoms with E-state index in [1.54, 1.807) is 11.6 Å². The van der Waals surface area contributed by atoms with Crippen LogP contribution in [-0.2, 0) is 4.74 Å². The number of nitrogens with zero attached hydrogens (tertiary/aromatic N) is 4. The number of aromatic nitrogens is 4. The van der Waals surface area contributed by atoms with Gasteiger partial charge in [-0.2, -0.15) is 5.10 Å². The Morgan fingerprint density at radius 1 is 1.12 bits per heavy atom. The number of benzene rings is 2. The van der Waals surface area contributed by atoms with E-state index in [1.165, 1.54) is 0 Å². The molecule has 0 unspecified atom stereocenters. The molecule has 0 bridgehead atoms. The summed E-state index contributed by atoms with van der Waals surface area (Å²) in [6.45, 7) is 8.20. The average Bonchev–Trinajstić information content (AvgIpc) is 3.38. The van der Waals surface area contributed by atoms with Gasteiger partial charge in [0.05, 0.1) is 16.8 Å². The van der Waals surface area contributed by atoms with Crippen molar-refractivity contribution in [2.75, 3.05) is 6.61 Å². The van der Waals surface area contributed by atoms with Crippen LogP contribution in [0.25, 0.3) is 28.7 Å². The SMILES string of the molecule is CCOC(=O)c1nn(-c2ccccc2C(C)C)c(-c2nnc(-c3cccc(C)c3)o2)c1Br. The first-order valence-electron chi connectivity index (χ1n) is 10.4. The molecule has 0 atom stereocenters. The number of rotatable bonds is 6. The zero-order valence-electron chi connectivity index (χ0n) is 18.3. The van der Waals surface area contributed by atoms with E-state index in [4.69, 9.17) is 9.15 Å². The van der Waals surface area contributed by atoms with Crippen molar-refractivity contribution in [1.82, 2.24) is 20.0 Å². The fourth-order valence-corrected chi connectivity index (χ4v) is 4.05. The molecule has 4 aromatic rings. The van der Waals surface area contributed by atoms with Crippen LogP contribution >= 0.6 is 15.9 Å². The van der Waals surface area contributed by atoms with Crippen LogP contribution in [0.4, 0.5) is 0 Å². The summed E-state index contributed by atoms with van der Waals surface area (Å²) >= 11 is 3.53. The normalized spacial score (nSPS) is 11.2. The summed E-state index contributed by atoms with van der Waals surface area (Å²) in [5.41, 5.74) is 4.44. The van der Waals surface area contributed by atoms with E-state index in [1.807, 2.05) is 55.5 Å². The van der Waals surface area contributed by atoms with Crippen LogP contribution in [-0.4, -0.2) is 32.6 Å². The van der Waals surface area contributed by atoms with Gasteiger partial charge in [0.2, 0.25) is 5.89 Å². The summed E-state index contributed by atoms with van der Waals surface area (Å²) in [6.07, 6.45) is 0. The number of hydrogen-bond acceptors (Lipinski definition) is 6. The van der Waals surface area contributed by atoms with Crippen LogP contribution in [0.5, 0.6) is 0 Å². The van der Waals surface area contributed by atoms with Crippen LogP contribution in [0.2, 0.25) is 0 Å². The number of hydrogen-bond donors (Lipinski definition) is 0. The highest BCUT2D eigenvalue weighted by Gasteiger charge is 2.28. The Kier molecular flexibility index (Phi) is 6.23. The van der Waals surface area contributed by atoms with Gasteiger partial charge in [-0.1, -0.05) is 49.7 Å². The summed E-state index contributed by atoms with van der Waals surface area (Å²) in [4.78, 5) is 12.6. The first-order valence-corrected chi connectivity index (χ1v) is 11.2. The highest BCUT2D eigenvalue weighted by Crippen LogP contribution is 2.36. The predicted octanol–water partition coefficient (Wildman–Crippen LogP) is 5.96. The molecule has 0 aliphatic heterocycles. The second-order valence-corrected chi connectivity index (χ2v) is 8.43. The third-order valence-corrected chi connectivity index (χ3v) is 5.73. The Hall–Kier alpha value is -3.26. The van der Waals surface area contributed by atoms with Gasteiger partial charge in [-0.25, -0.2) is 9.48 Å². The molecule has 0 saturated carbocycles. The molecule has 0 fully saturated rings. The van der Waals surface area contributed by atoms with E-state index < -0.39 is 5.97 Å². The lowest BCUT2D eigenvalue weighted by molar-refractivity contribution is 0.0518. The highest BCUT2D eigenvalue weighted by molar-refractivity contribution is 9.10. The maximum atomic E-state index is 12.6. The Morgan fingerprint density at radius 2 is 1.88 bits per heavy atom. The molecule has 0 radical (unpaired) electrons. The second kappa shape index (κ2) is 9.08.